The second kappa shape index (κ2) is 8.28. The van der Waals surface area contributed by atoms with Gasteiger partial charge >= 0.3 is 0 Å². The van der Waals surface area contributed by atoms with Gasteiger partial charge in [0.05, 0.1) is 0 Å². The summed E-state index contributed by atoms with van der Waals surface area (Å²) >= 11 is 0. The summed E-state index contributed by atoms with van der Waals surface area (Å²) in [6, 6.07) is 32.4. The molecule has 0 aliphatic heterocycles. The van der Waals surface area contributed by atoms with Gasteiger partial charge in [0.25, 0.3) is 0 Å². The average molecular weight is 400 g/mol. The molecule has 148 valence electrons. The lowest BCUT2D eigenvalue weighted by atomic mass is 10.0. The maximum absolute atomic E-state index is 4.81. The predicted octanol–water partition coefficient (Wildman–Crippen LogP) is 6.24. The molecule has 0 bridgehead atoms. The molecule has 0 saturated carbocycles. The normalized spacial score (nSPS) is 10.7. The Morgan fingerprint density at radius 2 is 0.968 bits per heavy atom. The van der Waals surface area contributed by atoms with E-state index in [-0.39, 0.29) is 0 Å². The lowest BCUT2D eigenvalue weighted by molar-refractivity contribution is 1.07. The van der Waals surface area contributed by atoms with Gasteiger partial charge < -0.3 is 0 Å². The second-order valence-electron chi connectivity index (χ2n) is 7.31. The summed E-state index contributed by atoms with van der Waals surface area (Å²) in [5, 5.41) is 0. The Labute approximate surface area is 181 Å². The maximum atomic E-state index is 4.81. The maximum Gasteiger partial charge on any atom is 0.164 e. The minimum Gasteiger partial charge on any atom is -0.261 e. The molecule has 31 heavy (non-hydrogen) atoms. The summed E-state index contributed by atoms with van der Waals surface area (Å²) in [7, 11) is 0. The van der Waals surface area contributed by atoms with E-state index in [0.717, 1.165) is 33.5 Å². The van der Waals surface area contributed by atoms with Crippen LogP contribution in [0.1, 0.15) is 5.69 Å². The van der Waals surface area contributed by atoms with E-state index in [0.29, 0.717) is 17.5 Å². The fraction of sp³-hybridized carbons (Fsp3) is 0.0370. The minimum absolute atomic E-state index is 0.648. The van der Waals surface area contributed by atoms with Crippen LogP contribution < -0.4 is 0 Å². The van der Waals surface area contributed by atoms with Crippen molar-refractivity contribution < 1.29 is 0 Å². The number of aromatic nitrogens is 4. The van der Waals surface area contributed by atoms with E-state index < -0.39 is 0 Å². The Morgan fingerprint density at radius 1 is 0.452 bits per heavy atom. The Kier molecular flexibility index (Phi) is 5.03. The van der Waals surface area contributed by atoms with Gasteiger partial charge in [0.1, 0.15) is 0 Å². The number of benzene rings is 3. The third-order valence-corrected chi connectivity index (χ3v) is 5.06. The molecule has 0 aliphatic carbocycles. The molecular formula is C27H20N4. The smallest absolute Gasteiger partial charge is 0.164 e. The molecule has 2 heterocycles. The molecule has 0 radical (unpaired) electrons. The molecule has 0 amide bonds. The molecule has 0 saturated heterocycles. The molecular weight excluding hydrogens is 380 g/mol. The van der Waals surface area contributed by atoms with Gasteiger partial charge in [-0.25, -0.2) is 15.0 Å². The summed E-state index contributed by atoms with van der Waals surface area (Å²) in [6.07, 6.45) is 1.90. The van der Waals surface area contributed by atoms with Crippen molar-refractivity contribution in [1.29, 1.82) is 0 Å². The molecule has 5 aromatic rings. The molecule has 3 aromatic carbocycles. The molecule has 4 heteroatoms. The van der Waals surface area contributed by atoms with Crippen LogP contribution in [0.3, 0.4) is 0 Å². The van der Waals surface area contributed by atoms with Crippen LogP contribution in [0, 0.1) is 6.92 Å². The molecule has 0 fully saturated rings. The topological polar surface area (TPSA) is 51.6 Å². The Balaban J connectivity index is 1.65. The number of hydrogen-bond acceptors (Lipinski definition) is 4. The molecule has 0 spiro atoms. The van der Waals surface area contributed by atoms with E-state index in [1.165, 1.54) is 0 Å². The van der Waals surface area contributed by atoms with Crippen LogP contribution in [0.2, 0.25) is 0 Å². The van der Waals surface area contributed by atoms with Crippen LogP contribution >= 0.6 is 0 Å². The van der Waals surface area contributed by atoms with Crippen LogP contribution in [-0.2, 0) is 0 Å². The van der Waals surface area contributed by atoms with E-state index in [4.69, 9.17) is 15.0 Å². The Morgan fingerprint density at radius 3 is 1.52 bits per heavy atom. The highest BCUT2D eigenvalue weighted by molar-refractivity contribution is 5.72. The van der Waals surface area contributed by atoms with E-state index in [9.17, 15) is 0 Å². The highest BCUT2D eigenvalue weighted by Crippen LogP contribution is 2.27. The van der Waals surface area contributed by atoms with Crippen LogP contribution in [0.15, 0.2) is 103 Å². The van der Waals surface area contributed by atoms with Gasteiger partial charge in [-0.1, -0.05) is 84.9 Å². The first-order valence-corrected chi connectivity index (χ1v) is 10.2. The van der Waals surface area contributed by atoms with Gasteiger partial charge in [-0.05, 0) is 24.6 Å². The molecule has 5 rings (SSSR count). The fourth-order valence-corrected chi connectivity index (χ4v) is 3.41. The average Bonchev–Trinajstić information content (AvgIpc) is 2.85. The van der Waals surface area contributed by atoms with Crippen molar-refractivity contribution in [3.05, 3.63) is 109 Å². The van der Waals surface area contributed by atoms with E-state index in [2.05, 4.69) is 23.2 Å². The number of nitrogens with zero attached hydrogens (tertiary/aromatic N) is 4. The molecule has 0 N–H and O–H groups in total. The summed E-state index contributed by atoms with van der Waals surface area (Å²) in [5.41, 5.74) is 6.00. The van der Waals surface area contributed by atoms with Gasteiger partial charge in [0, 0.05) is 34.1 Å². The van der Waals surface area contributed by atoms with Crippen molar-refractivity contribution >= 4 is 0 Å². The summed E-state index contributed by atoms with van der Waals surface area (Å²) in [6.45, 7) is 1.99. The number of pyridine rings is 1. The van der Waals surface area contributed by atoms with E-state index in [1.807, 2.05) is 92.0 Å². The van der Waals surface area contributed by atoms with Gasteiger partial charge in [-0.15, -0.1) is 0 Å². The third-order valence-electron chi connectivity index (χ3n) is 5.06. The quantitative estimate of drug-likeness (QED) is 0.358. The Bertz CT molecular complexity index is 1260. The van der Waals surface area contributed by atoms with Crippen molar-refractivity contribution in [3.8, 4) is 45.3 Å². The second-order valence-corrected chi connectivity index (χ2v) is 7.31. The van der Waals surface area contributed by atoms with E-state index in [1.54, 1.807) is 0 Å². The zero-order valence-electron chi connectivity index (χ0n) is 17.1. The molecule has 0 aliphatic rings. The first kappa shape index (κ1) is 18.8. The predicted molar refractivity (Wildman–Crippen MR) is 124 cm³/mol. The SMILES string of the molecule is Cc1ccc(-c2cccc(-c3nc(-c4ccccc4)nc(-c4ccccc4)n3)c2)cn1. The van der Waals surface area contributed by atoms with Gasteiger partial charge in [-0.3, -0.25) is 4.98 Å². The molecule has 4 nitrogen and oxygen atoms in total. The van der Waals surface area contributed by atoms with Crippen LogP contribution in [0.4, 0.5) is 0 Å². The molecule has 0 atom stereocenters. The first-order chi connectivity index (χ1) is 15.3. The molecule has 0 unspecified atom stereocenters. The highest BCUT2D eigenvalue weighted by Gasteiger charge is 2.12. The number of rotatable bonds is 4. The van der Waals surface area contributed by atoms with Gasteiger partial charge in [0.15, 0.2) is 17.5 Å². The third kappa shape index (κ3) is 4.09. The number of hydrogen-bond donors (Lipinski definition) is 0. The summed E-state index contributed by atoms with van der Waals surface area (Å²) < 4.78 is 0. The fourth-order valence-electron chi connectivity index (χ4n) is 3.41. The lowest BCUT2D eigenvalue weighted by Crippen LogP contribution is -2.00. The Hall–Kier alpha value is -4.18. The first-order valence-electron chi connectivity index (χ1n) is 10.2. The van der Waals surface area contributed by atoms with Crippen molar-refractivity contribution in [1.82, 2.24) is 19.9 Å². The minimum atomic E-state index is 0.648. The van der Waals surface area contributed by atoms with Crippen molar-refractivity contribution in [2.75, 3.05) is 0 Å². The largest absolute Gasteiger partial charge is 0.261 e. The van der Waals surface area contributed by atoms with Gasteiger partial charge in [0.2, 0.25) is 0 Å². The van der Waals surface area contributed by atoms with Crippen LogP contribution in [0.5, 0.6) is 0 Å². The lowest BCUT2D eigenvalue weighted by Gasteiger charge is -2.09. The highest BCUT2D eigenvalue weighted by atomic mass is 15.0. The van der Waals surface area contributed by atoms with Crippen molar-refractivity contribution in [3.63, 3.8) is 0 Å². The van der Waals surface area contributed by atoms with Gasteiger partial charge in [-0.2, -0.15) is 0 Å². The summed E-state index contributed by atoms with van der Waals surface area (Å²) in [5.74, 6) is 1.97. The van der Waals surface area contributed by atoms with Crippen molar-refractivity contribution in [2.45, 2.75) is 6.92 Å². The zero-order valence-corrected chi connectivity index (χ0v) is 17.1. The zero-order chi connectivity index (χ0) is 21.0. The number of aryl methyl sites for hydroxylation is 1. The molecule has 2 aromatic heterocycles. The monoisotopic (exact) mass is 400 g/mol. The summed E-state index contributed by atoms with van der Waals surface area (Å²) in [4.78, 5) is 18.8. The van der Waals surface area contributed by atoms with Crippen LogP contribution in [0.25, 0.3) is 45.3 Å². The standard InChI is InChI=1S/C27H20N4/c1-19-15-16-24(18-28-19)22-13-8-14-23(17-22)27-30-25(20-9-4-2-5-10-20)29-26(31-27)21-11-6-3-7-12-21/h2-18H,1H3. The van der Waals surface area contributed by atoms with E-state index >= 15 is 0 Å². The van der Waals surface area contributed by atoms with Crippen molar-refractivity contribution in [2.24, 2.45) is 0 Å². The van der Waals surface area contributed by atoms with Crippen LogP contribution in [-0.4, -0.2) is 19.9 Å².